The van der Waals surface area contributed by atoms with Crippen LogP contribution in [0.4, 0.5) is 0 Å². The monoisotopic (exact) mass is 333 g/mol. The lowest BCUT2D eigenvalue weighted by molar-refractivity contribution is 0.0727. The fourth-order valence-corrected chi connectivity index (χ4v) is 4.03. The van der Waals surface area contributed by atoms with Gasteiger partial charge >= 0.3 is 0 Å². The molecule has 0 radical (unpaired) electrons. The summed E-state index contributed by atoms with van der Waals surface area (Å²) in [6, 6.07) is 10.3. The van der Waals surface area contributed by atoms with E-state index in [-0.39, 0.29) is 11.9 Å². The first-order valence-electron chi connectivity index (χ1n) is 8.87. The van der Waals surface area contributed by atoms with Gasteiger partial charge in [-0.3, -0.25) is 9.78 Å². The van der Waals surface area contributed by atoms with Crippen molar-refractivity contribution in [2.45, 2.75) is 39.7 Å². The van der Waals surface area contributed by atoms with Crippen molar-refractivity contribution in [1.29, 1.82) is 0 Å². The summed E-state index contributed by atoms with van der Waals surface area (Å²) in [4.78, 5) is 23.1. The Hall–Kier alpha value is -2.62. The van der Waals surface area contributed by atoms with Crippen molar-refractivity contribution in [1.82, 2.24) is 14.9 Å². The quantitative estimate of drug-likeness (QED) is 0.752. The number of nitrogens with one attached hydrogen (secondary N) is 1. The molecule has 3 heterocycles. The molecule has 1 aliphatic rings. The van der Waals surface area contributed by atoms with Crippen LogP contribution in [0.5, 0.6) is 0 Å². The lowest BCUT2D eigenvalue weighted by Gasteiger charge is -2.24. The maximum absolute atomic E-state index is 13.3. The van der Waals surface area contributed by atoms with Gasteiger partial charge in [0.2, 0.25) is 0 Å². The zero-order valence-corrected chi connectivity index (χ0v) is 15.0. The van der Waals surface area contributed by atoms with Gasteiger partial charge < -0.3 is 9.88 Å². The van der Waals surface area contributed by atoms with E-state index in [0.29, 0.717) is 5.69 Å². The van der Waals surface area contributed by atoms with Crippen LogP contribution in [0.2, 0.25) is 0 Å². The number of aryl methyl sites for hydroxylation is 3. The summed E-state index contributed by atoms with van der Waals surface area (Å²) in [6.45, 7) is 7.01. The number of hydrogen-bond donors (Lipinski definition) is 1. The second-order valence-electron chi connectivity index (χ2n) is 7.04. The van der Waals surface area contributed by atoms with Gasteiger partial charge in [0.15, 0.2) is 0 Å². The summed E-state index contributed by atoms with van der Waals surface area (Å²) in [6.07, 6.45) is 3.79. The van der Waals surface area contributed by atoms with E-state index in [4.69, 9.17) is 0 Å². The topological polar surface area (TPSA) is 49.0 Å². The average Bonchev–Trinajstić information content (AvgIpc) is 3.21. The van der Waals surface area contributed by atoms with Crippen molar-refractivity contribution >= 4 is 16.8 Å². The number of carbonyl (C=O) groups excluding carboxylic acids is 1. The lowest BCUT2D eigenvalue weighted by atomic mass is 10.1. The van der Waals surface area contributed by atoms with Gasteiger partial charge in [-0.1, -0.05) is 17.7 Å². The molecular formula is C21H23N3O. The fourth-order valence-electron chi connectivity index (χ4n) is 4.03. The number of aromatic nitrogens is 2. The molecule has 0 spiro atoms. The van der Waals surface area contributed by atoms with Crippen molar-refractivity contribution in [3.63, 3.8) is 0 Å². The molecule has 0 bridgehead atoms. The number of nitrogens with zero attached hydrogens (tertiary/aromatic N) is 2. The Bertz CT molecular complexity index is 943. The molecule has 0 unspecified atom stereocenters. The first kappa shape index (κ1) is 15.9. The van der Waals surface area contributed by atoms with E-state index in [1.165, 1.54) is 11.1 Å². The Labute approximate surface area is 147 Å². The SMILES string of the molecule is Cc1cc(C)c2[nH]c(C(=O)N3CCC[C@@H]3c3ccccn3)c(C)c2c1. The third-order valence-corrected chi connectivity index (χ3v) is 5.27. The van der Waals surface area contributed by atoms with Crippen molar-refractivity contribution < 1.29 is 4.79 Å². The van der Waals surface area contributed by atoms with Gasteiger partial charge in [0.05, 0.1) is 11.7 Å². The molecule has 128 valence electrons. The molecule has 1 atom stereocenters. The molecule has 3 aromatic rings. The van der Waals surface area contributed by atoms with Gasteiger partial charge in [-0.05, 0) is 62.9 Å². The number of fused-ring (bicyclic) bond motifs is 1. The largest absolute Gasteiger partial charge is 0.350 e. The predicted octanol–water partition coefficient (Wildman–Crippen LogP) is 4.47. The number of pyridine rings is 1. The molecule has 4 nitrogen and oxygen atoms in total. The van der Waals surface area contributed by atoms with E-state index in [9.17, 15) is 4.79 Å². The highest BCUT2D eigenvalue weighted by molar-refractivity contribution is 6.02. The number of carbonyl (C=O) groups is 1. The summed E-state index contributed by atoms with van der Waals surface area (Å²) in [5.41, 5.74) is 6.21. The zero-order chi connectivity index (χ0) is 17.6. The van der Waals surface area contributed by atoms with E-state index >= 15 is 0 Å². The Morgan fingerprint density at radius 1 is 1.24 bits per heavy atom. The Morgan fingerprint density at radius 3 is 2.84 bits per heavy atom. The van der Waals surface area contributed by atoms with Gasteiger partial charge in [-0.15, -0.1) is 0 Å². The number of likely N-dealkylation sites (tertiary alicyclic amines) is 1. The third kappa shape index (κ3) is 2.62. The second-order valence-corrected chi connectivity index (χ2v) is 7.04. The molecule has 1 aliphatic heterocycles. The van der Waals surface area contributed by atoms with Crippen LogP contribution in [-0.2, 0) is 0 Å². The summed E-state index contributed by atoms with van der Waals surface area (Å²) in [7, 11) is 0. The molecule has 1 saturated heterocycles. The van der Waals surface area contributed by atoms with Crippen LogP contribution in [0.15, 0.2) is 36.5 Å². The molecule has 1 fully saturated rings. The summed E-state index contributed by atoms with van der Waals surface area (Å²) < 4.78 is 0. The van der Waals surface area contributed by atoms with Gasteiger partial charge in [0.1, 0.15) is 5.69 Å². The van der Waals surface area contributed by atoms with Crippen LogP contribution >= 0.6 is 0 Å². The normalized spacial score (nSPS) is 17.4. The number of amides is 1. The molecule has 2 aromatic heterocycles. The van der Waals surface area contributed by atoms with Crippen LogP contribution in [0.3, 0.4) is 0 Å². The van der Waals surface area contributed by atoms with Crippen molar-refractivity contribution in [2.75, 3.05) is 6.54 Å². The van der Waals surface area contributed by atoms with Gasteiger partial charge in [-0.25, -0.2) is 0 Å². The molecule has 4 rings (SSSR count). The van der Waals surface area contributed by atoms with Crippen LogP contribution in [0.1, 0.15) is 51.8 Å². The minimum absolute atomic E-state index is 0.0716. The van der Waals surface area contributed by atoms with Gasteiger partial charge in [0.25, 0.3) is 5.91 Å². The standard InChI is InChI=1S/C21H23N3O/c1-13-11-14(2)19-16(12-13)15(3)20(23-19)21(25)24-10-6-8-18(24)17-7-4-5-9-22-17/h4-5,7,9,11-12,18,23H,6,8,10H2,1-3H3/t18-/m1/s1. The second kappa shape index (κ2) is 6.03. The van der Waals surface area contributed by atoms with E-state index in [1.54, 1.807) is 6.20 Å². The minimum atomic E-state index is 0.0716. The first-order valence-corrected chi connectivity index (χ1v) is 8.87. The van der Waals surface area contributed by atoms with Crippen molar-refractivity contribution in [3.8, 4) is 0 Å². The van der Waals surface area contributed by atoms with E-state index < -0.39 is 0 Å². The zero-order valence-electron chi connectivity index (χ0n) is 15.0. The molecule has 1 N–H and O–H groups in total. The molecule has 0 saturated carbocycles. The molecule has 0 aliphatic carbocycles. The summed E-state index contributed by atoms with van der Waals surface area (Å²) in [5, 5.41) is 1.15. The van der Waals surface area contributed by atoms with Crippen LogP contribution in [-0.4, -0.2) is 27.3 Å². The highest BCUT2D eigenvalue weighted by Crippen LogP contribution is 2.34. The molecule has 25 heavy (non-hydrogen) atoms. The Kier molecular flexibility index (Phi) is 3.83. The first-order chi connectivity index (χ1) is 12.1. The van der Waals surface area contributed by atoms with E-state index in [0.717, 1.165) is 41.5 Å². The Morgan fingerprint density at radius 2 is 2.08 bits per heavy atom. The smallest absolute Gasteiger partial charge is 0.271 e. The maximum atomic E-state index is 13.3. The number of benzene rings is 1. The molecule has 4 heteroatoms. The highest BCUT2D eigenvalue weighted by atomic mass is 16.2. The van der Waals surface area contributed by atoms with Crippen LogP contribution in [0.25, 0.3) is 10.9 Å². The minimum Gasteiger partial charge on any atom is -0.350 e. The molecular weight excluding hydrogens is 310 g/mol. The fraction of sp³-hybridized carbons (Fsp3) is 0.333. The van der Waals surface area contributed by atoms with Crippen molar-refractivity contribution in [3.05, 3.63) is 64.6 Å². The molecule has 1 aromatic carbocycles. The highest BCUT2D eigenvalue weighted by Gasteiger charge is 2.33. The van der Waals surface area contributed by atoms with Crippen LogP contribution in [0, 0.1) is 20.8 Å². The van der Waals surface area contributed by atoms with E-state index in [2.05, 4.69) is 35.9 Å². The number of rotatable bonds is 2. The number of aromatic amines is 1. The van der Waals surface area contributed by atoms with Gasteiger partial charge in [0, 0.05) is 23.6 Å². The lowest BCUT2D eigenvalue weighted by Crippen LogP contribution is -2.31. The van der Waals surface area contributed by atoms with Crippen molar-refractivity contribution in [2.24, 2.45) is 0 Å². The van der Waals surface area contributed by atoms with Gasteiger partial charge in [-0.2, -0.15) is 0 Å². The molecule has 1 amide bonds. The van der Waals surface area contributed by atoms with Crippen LogP contribution < -0.4 is 0 Å². The third-order valence-electron chi connectivity index (χ3n) is 5.27. The summed E-state index contributed by atoms with van der Waals surface area (Å²) >= 11 is 0. The maximum Gasteiger partial charge on any atom is 0.271 e. The van der Waals surface area contributed by atoms with E-state index in [1.807, 2.05) is 30.0 Å². The Balaban J connectivity index is 1.75. The summed E-state index contributed by atoms with van der Waals surface area (Å²) in [5.74, 6) is 0.0823. The average molecular weight is 333 g/mol. The number of hydrogen-bond acceptors (Lipinski definition) is 2. The number of H-pyrrole nitrogens is 1. The predicted molar refractivity (Wildman–Crippen MR) is 99.8 cm³/mol.